The van der Waals surface area contributed by atoms with E-state index in [1.807, 2.05) is 29.2 Å². The smallest absolute Gasteiger partial charge is 0.274 e. The van der Waals surface area contributed by atoms with Gasteiger partial charge in [-0.15, -0.1) is 0 Å². The second kappa shape index (κ2) is 7.76. The molecule has 142 valence electrons. The molecule has 1 saturated heterocycles. The number of nitrogens with one attached hydrogen (secondary N) is 1. The van der Waals surface area contributed by atoms with E-state index in [-0.39, 0.29) is 17.5 Å². The number of rotatable bonds is 3. The zero-order chi connectivity index (χ0) is 19.5. The minimum absolute atomic E-state index is 0.0465. The maximum Gasteiger partial charge on any atom is 0.274 e. The van der Waals surface area contributed by atoms with Crippen LogP contribution in [0.15, 0.2) is 54.9 Å². The number of fused-ring (bicyclic) bond motifs is 1. The predicted molar refractivity (Wildman–Crippen MR) is 108 cm³/mol. The molecule has 1 atom stereocenters. The van der Waals surface area contributed by atoms with Crippen LogP contribution in [0.5, 0.6) is 0 Å². The van der Waals surface area contributed by atoms with Gasteiger partial charge in [0.25, 0.3) is 11.8 Å². The Labute approximate surface area is 163 Å². The van der Waals surface area contributed by atoms with Crippen LogP contribution in [0, 0.1) is 5.92 Å². The monoisotopic (exact) mass is 374 g/mol. The molecule has 0 saturated carbocycles. The van der Waals surface area contributed by atoms with Crippen molar-refractivity contribution in [2.24, 2.45) is 5.92 Å². The van der Waals surface area contributed by atoms with Crippen molar-refractivity contribution in [1.29, 1.82) is 0 Å². The number of aromatic nitrogens is 2. The molecule has 6 nitrogen and oxygen atoms in total. The van der Waals surface area contributed by atoms with Crippen LogP contribution in [0.2, 0.25) is 0 Å². The van der Waals surface area contributed by atoms with E-state index in [4.69, 9.17) is 0 Å². The highest BCUT2D eigenvalue weighted by atomic mass is 16.2. The van der Waals surface area contributed by atoms with Crippen molar-refractivity contribution in [3.05, 3.63) is 66.1 Å². The number of amides is 2. The lowest BCUT2D eigenvalue weighted by molar-refractivity contribution is 0.0683. The first-order chi connectivity index (χ1) is 13.6. The third kappa shape index (κ3) is 3.71. The molecule has 0 spiro atoms. The quantitative estimate of drug-likeness (QED) is 0.757. The minimum atomic E-state index is -0.361. The highest BCUT2D eigenvalue weighted by Gasteiger charge is 2.23. The number of carbonyl (C=O) groups excluding carboxylic acids is 2. The number of hydrogen-bond acceptors (Lipinski definition) is 4. The molecule has 1 unspecified atom stereocenters. The van der Waals surface area contributed by atoms with E-state index in [9.17, 15) is 9.59 Å². The molecule has 0 bridgehead atoms. The Bertz CT molecular complexity index is 1030. The zero-order valence-corrected chi connectivity index (χ0v) is 15.8. The molecule has 2 amide bonds. The van der Waals surface area contributed by atoms with Crippen LogP contribution in [0.1, 0.15) is 40.6 Å². The second-order valence-electron chi connectivity index (χ2n) is 7.26. The lowest BCUT2D eigenvalue weighted by Gasteiger charge is -2.31. The number of pyridine rings is 2. The van der Waals surface area contributed by atoms with E-state index in [0.717, 1.165) is 31.3 Å². The first-order valence-electron chi connectivity index (χ1n) is 9.52. The van der Waals surface area contributed by atoms with Crippen LogP contribution < -0.4 is 5.32 Å². The summed E-state index contributed by atoms with van der Waals surface area (Å²) in [5, 5.41) is 3.81. The number of nitrogens with zero attached hydrogens (tertiary/aromatic N) is 3. The standard InChI is InChI=1S/C22H22N4O2/c1-15-5-4-12-26(14-15)22(28)17-9-11-23-19(13-17)21(27)25-18-8-2-6-16-7-3-10-24-20(16)18/h2-3,6-11,13,15H,4-5,12,14H2,1H3,(H,25,27). The molecule has 1 N–H and O–H groups in total. The summed E-state index contributed by atoms with van der Waals surface area (Å²) >= 11 is 0. The summed E-state index contributed by atoms with van der Waals surface area (Å²) in [6, 6.07) is 12.6. The molecule has 1 aromatic carbocycles. The lowest BCUT2D eigenvalue weighted by Crippen LogP contribution is -2.39. The van der Waals surface area contributed by atoms with Crippen molar-refractivity contribution in [3.63, 3.8) is 0 Å². The summed E-state index contributed by atoms with van der Waals surface area (Å²) in [6.07, 6.45) is 5.36. The van der Waals surface area contributed by atoms with Gasteiger partial charge in [0.2, 0.25) is 0 Å². The van der Waals surface area contributed by atoms with Gasteiger partial charge in [-0.2, -0.15) is 0 Å². The number of benzene rings is 1. The molecule has 0 aliphatic carbocycles. The average Bonchev–Trinajstić information content (AvgIpc) is 2.73. The topological polar surface area (TPSA) is 75.2 Å². The highest BCUT2D eigenvalue weighted by molar-refractivity contribution is 6.08. The molecule has 28 heavy (non-hydrogen) atoms. The van der Waals surface area contributed by atoms with Gasteiger partial charge in [0.05, 0.1) is 11.2 Å². The summed E-state index contributed by atoms with van der Waals surface area (Å²) in [6.45, 7) is 3.67. The van der Waals surface area contributed by atoms with Gasteiger partial charge in [0, 0.05) is 36.4 Å². The zero-order valence-electron chi connectivity index (χ0n) is 15.8. The highest BCUT2D eigenvalue weighted by Crippen LogP contribution is 2.22. The van der Waals surface area contributed by atoms with Gasteiger partial charge in [-0.05, 0) is 43.0 Å². The molecule has 3 aromatic rings. The van der Waals surface area contributed by atoms with E-state index in [2.05, 4.69) is 22.2 Å². The van der Waals surface area contributed by atoms with Crippen LogP contribution in [0.25, 0.3) is 10.9 Å². The lowest BCUT2D eigenvalue weighted by atomic mass is 9.99. The van der Waals surface area contributed by atoms with Gasteiger partial charge >= 0.3 is 0 Å². The van der Waals surface area contributed by atoms with E-state index >= 15 is 0 Å². The van der Waals surface area contributed by atoms with E-state index < -0.39 is 0 Å². The average molecular weight is 374 g/mol. The fraction of sp³-hybridized carbons (Fsp3) is 0.273. The first-order valence-corrected chi connectivity index (χ1v) is 9.52. The SMILES string of the molecule is CC1CCCN(C(=O)c2ccnc(C(=O)Nc3cccc4cccnc34)c2)C1. The molecule has 1 aliphatic heterocycles. The fourth-order valence-electron chi connectivity index (χ4n) is 3.64. The Morgan fingerprint density at radius 1 is 1.11 bits per heavy atom. The van der Waals surface area contributed by atoms with Crippen molar-refractivity contribution in [2.45, 2.75) is 19.8 Å². The van der Waals surface area contributed by atoms with Crippen molar-refractivity contribution in [2.75, 3.05) is 18.4 Å². The van der Waals surface area contributed by atoms with Gasteiger partial charge in [0.1, 0.15) is 5.69 Å². The summed E-state index contributed by atoms with van der Waals surface area (Å²) in [7, 11) is 0. The van der Waals surface area contributed by atoms with Gasteiger partial charge in [-0.25, -0.2) is 0 Å². The number of piperidine rings is 1. The van der Waals surface area contributed by atoms with Crippen molar-refractivity contribution in [1.82, 2.24) is 14.9 Å². The largest absolute Gasteiger partial charge is 0.338 e. The molecule has 3 heterocycles. The van der Waals surface area contributed by atoms with Gasteiger partial charge in [0.15, 0.2) is 0 Å². The first kappa shape index (κ1) is 18.1. The van der Waals surface area contributed by atoms with Crippen molar-refractivity contribution in [3.8, 4) is 0 Å². The third-order valence-electron chi connectivity index (χ3n) is 5.06. The number of likely N-dealkylation sites (tertiary alicyclic amines) is 1. The molecule has 1 fully saturated rings. The van der Waals surface area contributed by atoms with Crippen LogP contribution in [0.3, 0.4) is 0 Å². The Morgan fingerprint density at radius 3 is 2.82 bits per heavy atom. The van der Waals surface area contributed by atoms with Crippen LogP contribution in [-0.2, 0) is 0 Å². The Morgan fingerprint density at radius 2 is 1.96 bits per heavy atom. The molecule has 1 aliphatic rings. The Hall–Kier alpha value is -3.28. The molecular weight excluding hydrogens is 352 g/mol. The molecule has 4 rings (SSSR count). The Kier molecular flexibility index (Phi) is 5.02. The van der Waals surface area contributed by atoms with Crippen molar-refractivity contribution < 1.29 is 9.59 Å². The maximum absolute atomic E-state index is 12.8. The maximum atomic E-state index is 12.8. The fourth-order valence-corrected chi connectivity index (χ4v) is 3.64. The Balaban J connectivity index is 1.55. The van der Waals surface area contributed by atoms with Crippen LogP contribution >= 0.6 is 0 Å². The number of carbonyl (C=O) groups is 2. The summed E-state index contributed by atoms with van der Waals surface area (Å²) in [5.41, 5.74) is 2.04. The van der Waals surface area contributed by atoms with Crippen molar-refractivity contribution >= 4 is 28.4 Å². The predicted octanol–water partition coefficient (Wildman–Crippen LogP) is 3.75. The number of anilines is 1. The van der Waals surface area contributed by atoms with E-state index in [1.54, 1.807) is 24.4 Å². The van der Waals surface area contributed by atoms with E-state index in [0.29, 0.717) is 22.7 Å². The molecule has 0 radical (unpaired) electrons. The van der Waals surface area contributed by atoms with Gasteiger partial charge < -0.3 is 10.2 Å². The summed E-state index contributed by atoms with van der Waals surface area (Å²) in [5.74, 6) is 0.0933. The molecule has 2 aromatic heterocycles. The summed E-state index contributed by atoms with van der Waals surface area (Å²) < 4.78 is 0. The third-order valence-corrected chi connectivity index (χ3v) is 5.06. The van der Waals surface area contributed by atoms with Crippen LogP contribution in [-0.4, -0.2) is 39.8 Å². The molecular formula is C22H22N4O2. The number of para-hydroxylation sites is 1. The second-order valence-corrected chi connectivity index (χ2v) is 7.26. The summed E-state index contributed by atoms with van der Waals surface area (Å²) in [4.78, 5) is 35.9. The van der Waals surface area contributed by atoms with Gasteiger partial charge in [-0.1, -0.05) is 25.1 Å². The van der Waals surface area contributed by atoms with Gasteiger partial charge in [-0.3, -0.25) is 19.6 Å². The van der Waals surface area contributed by atoms with Crippen LogP contribution in [0.4, 0.5) is 5.69 Å². The number of hydrogen-bond donors (Lipinski definition) is 1. The van der Waals surface area contributed by atoms with E-state index in [1.165, 1.54) is 6.20 Å². The minimum Gasteiger partial charge on any atom is -0.338 e. The molecule has 6 heteroatoms. The normalized spacial score (nSPS) is 16.8.